The minimum atomic E-state index is 0.594. The van der Waals surface area contributed by atoms with Gasteiger partial charge in [0.25, 0.3) is 0 Å². The first-order valence-electron chi connectivity index (χ1n) is 8.13. The highest BCUT2D eigenvalue weighted by atomic mass is 16.5. The maximum atomic E-state index is 9.65. The van der Waals surface area contributed by atoms with Crippen LogP contribution < -0.4 is 14.8 Å². The first-order chi connectivity index (χ1) is 12.3. The van der Waals surface area contributed by atoms with Crippen LogP contribution in [-0.4, -0.2) is 20.8 Å². The Bertz CT molecular complexity index is 861. The molecule has 1 heterocycles. The molecule has 3 rings (SSSR count). The predicted octanol–water partition coefficient (Wildman–Crippen LogP) is 3.80. The number of allylic oxidation sites excluding steroid dienone is 2. The van der Waals surface area contributed by atoms with Crippen molar-refractivity contribution in [2.75, 3.05) is 20.8 Å². The molecule has 0 radical (unpaired) electrons. The molecule has 4 heteroatoms. The summed E-state index contributed by atoms with van der Waals surface area (Å²) in [6.45, 7) is 0.780. The van der Waals surface area contributed by atoms with Crippen LogP contribution in [0.1, 0.15) is 16.7 Å². The number of methoxy groups -OCH3 is 2. The third kappa shape index (κ3) is 3.51. The highest BCUT2D eigenvalue weighted by molar-refractivity contribution is 5.79. The van der Waals surface area contributed by atoms with Crippen molar-refractivity contribution in [1.29, 1.82) is 5.26 Å². The summed E-state index contributed by atoms with van der Waals surface area (Å²) >= 11 is 0. The summed E-state index contributed by atoms with van der Waals surface area (Å²) < 4.78 is 10.8. The van der Waals surface area contributed by atoms with Gasteiger partial charge in [-0.1, -0.05) is 36.4 Å². The third-order valence-corrected chi connectivity index (χ3v) is 4.21. The molecule has 4 nitrogen and oxygen atoms in total. The summed E-state index contributed by atoms with van der Waals surface area (Å²) in [7, 11) is 3.25. The Morgan fingerprint density at radius 3 is 2.52 bits per heavy atom. The van der Waals surface area contributed by atoms with Gasteiger partial charge in [-0.25, -0.2) is 0 Å². The van der Waals surface area contributed by atoms with Crippen molar-refractivity contribution in [1.82, 2.24) is 5.32 Å². The Kier molecular flexibility index (Phi) is 5.06. The van der Waals surface area contributed by atoms with Crippen LogP contribution >= 0.6 is 0 Å². The van der Waals surface area contributed by atoms with Crippen molar-refractivity contribution in [3.8, 4) is 17.6 Å². The molecule has 1 aliphatic rings. The Morgan fingerprint density at radius 2 is 1.84 bits per heavy atom. The van der Waals surface area contributed by atoms with Gasteiger partial charge in [0.1, 0.15) is 6.07 Å². The largest absolute Gasteiger partial charge is 0.493 e. The van der Waals surface area contributed by atoms with Crippen LogP contribution in [0.5, 0.6) is 11.5 Å². The maximum absolute atomic E-state index is 9.65. The molecule has 2 aromatic carbocycles. The van der Waals surface area contributed by atoms with Gasteiger partial charge in [-0.15, -0.1) is 0 Å². The maximum Gasteiger partial charge on any atom is 0.161 e. The molecule has 0 aromatic heterocycles. The first kappa shape index (κ1) is 16.7. The van der Waals surface area contributed by atoms with Crippen LogP contribution in [-0.2, 0) is 6.42 Å². The average molecular weight is 332 g/mol. The van der Waals surface area contributed by atoms with Crippen molar-refractivity contribution in [2.45, 2.75) is 6.42 Å². The number of hydrogen-bond acceptors (Lipinski definition) is 4. The van der Waals surface area contributed by atoms with Crippen molar-refractivity contribution in [3.63, 3.8) is 0 Å². The zero-order chi connectivity index (χ0) is 17.6. The lowest BCUT2D eigenvalue weighted by Crippen LogP contribution is -2.24. The number of benzene rings is 2. The van der Waals surface area contributed by atoms with Gasteiger partial charge in [0, 0.05) is 12.1 Å². The molecule has 0 saturated carbocycles. The number of ether oxygens (including phenoxy) is 2. The molecule has 0 aliphatic carbocycles. The Morgan fingerprint density at radius 1 is 1.12 bits per heavy atom. The lowest BCUT2D eigenvalue weighted by molar-refractivity contribution is 0.354. The zero-order valence-corrected chi connectivity index (χ0v) is 14.4. The molecule has 1 aliphatic heterocycles. The van der Waals surface area contributed by atoms with Crippen LogP contribution in [0.25, 0.3) is 11.8 Å². The fourth-order valence-electron chi connectivity index (χ4n) is 2.94. The topological polar surface area (TPSA) is 54.3 Å². The Hall–Kier alpha value is -3.19. The van der Waals surface area contributed by atoms with Crippen LogP contribution in [0.4, 0.5) is 0 Å². The molecule has 0 unspecified atom stereocenters. The van der Waals surface area contributed by atoms with Crippen molar-refractivity contribution < 1.29 is 9.47 Å². The van der Waals surface area contributed by atoms with Crippen molar-refractivity contribution >= 4 is 11.8 Å². The smallest absolute Gasteiger partial charge is 0.161 e. The lowest BCUT2D eigenvalue weighted by Gasteiger charge is -2.23. The van der Waals surface area contributed by atoms with Gasteiger partial charge in [-0.3, -0.25) is 0 Å². The van der Waals surface area contributed by atoms with E-state index in [-0.39, 0.29) is 0 Å². The first-order valence-corrected chi connectivity index (χ1v) is 8.13. The summed E-state index contributed by atoms with van der Waals surface area (Å²) in [5, 5.41) is 13.0. The highest BCUT2D eigenvalue weighted by Crippen LogP contribution is 2.35. The Labute approximate surface area is 148 Å². The van der Waals surface area contributed by atoms with Gasteiger partial charge < -0.3 is 14.8 Å². The van der Waals surface area contributed by atoms with E-state index in [0.717, 1.165) is 35.4 Å². The summed E-state index contributed by atoms with van der Waals surface area (Å²) in [4.78, 5) is 0. The van der Waals surface area contributed by atoms with Crippen molar-refractivity contribution in [3.05, 3.63) is 70.8 Å². The molecule has 126 valence electrons. The average Bonchev–Trinajstić information content (AvgIpc) is 2.68. The second-order valence-corrected chi connectivity index (χ2v) is 5.69. The van der Waals surface area contributed by atoms with E-state index in [1.165, 1.54) is 0 Å². The number of rotatable bonds is 4. The normalized spacial score (nSPS) is 15.1. The van der Waals surface area contributed by atoms with E-state index in [1.807, 2.05) is 54.6 Å². The van der Waals surface area contributed by atoms with Crippen LogP contribution in [0.3, 0.4) is 0 Å². The predicted molar refractivity (Wildman–Crippen MR) is 99.3 cm³/mol. The summed E-state index contributed by atoms with van der Waals surface area (Å²) in [6, 6.07) is 16.2. The van der Waals surface area contributed by atoms with Gasteiger partial charge in [-0.05, 0) is 35.8 Å². The van der Waals surface area contributed by atoms with Gasteiger partial charge in [0.05, 0.1) is 25.5 Å². The fourth-order valence-corrected chi connectivity index (χ4v) is 2.94. The molecule has 0 fully saturated rings. The minimum Gasteiger partial charge on any atom is -0.493 e. The fraction of sp³-hybridized carbons (Fsp3) is 0.190. The standard InChI is InChI=1S/C21H20N2O2/c1-24-19-12-16-10-11-23-21(18(16)13-20(19)25-2)17(14-22)9-8-15-6-4-3-5-7-15/h3-9,12-13,23H,10-11H2,1-2H3/b9-8+,21-17-. The molecule has 25 heavy (non-hydrogen) atoms. The molecule has 2 aromatic rings. The van der Waals surface area contributed by atoms with E-state index < -0.39 is 0 Å². The van der Waals surface area contributed by atoms with Crippen LogP contribution in [0.15, 0.2) is 54.1 Å². The van der Waals surface area contributed by atoms with E-state index >= 15 is 0 Å². The molecular weight excluding hydrogens is 312 g/mol. The molecule has 0 spiro atoms. The molecular formula is C21H20N2O2. The van der Waals surface area contributed by atoms with Crippen LogP contribution in [0.2, 0.25) is 0 Å². The summed E-state index contributed by atoms with van der Waals surface area (Å²) in [6.07, 6.45) is 4.67. The zero-order valence-electron chi connectivity index (χ0n) is 14.4. The number of nitrogens with zero attached hydrogens (tertiary/aromatic N) is 1. The number of nitriles is 1. The quantitative estimate of drug-likeness (QED) is 0.865. The van der Waals surface area contributed by atoms with Crippen molar-refractivity contribution in [2.24, 2.45) is 0 Å². The second kappa shape index (κ2) is 7.59. The van der Waals surface area contributed by atoms with E-state index in [2.05, 4.69) is 11.4 Å². The highest BCUT2D eigenvalue weighted by Gasteiger charge is 2.20. The minimum absolute atomic E-state index is 0.594. The number of hydrogen-bond donors (Lipinski definition) is 1. The molecule has 1 N–H and O–H groups in total. The molecule has 0 bridgehead atoms. The van der Waals surface area contributed by atoms with Crippen LogP contribution in [0, 0.1) is 11.3 Å². The summed E-state index contributed by atoms with van der Waals surface area (Å²) in [5.74, 6) is 1.37. The van der Waals surface area contributed by atoms with Gasteiger partial charge in [0.15, 0.2) is 11.5 Å². The lowest BCUT2D eigenvalue weighted by atomic mass is 9.94. The Balaban J connectivity index is 2.06. The van der Waals surface area contributed by atoms with E-state index in [1.54, 1.807) is 14.2 Å². The molecule has 0 saturated heterocycles. The SMILES string of the molecule is COc1cc2c(cc1OC)/C(=C(C#N)\C=C\c1ccccc1)NCC2. The third-order valence-electron chi connectivity index (χ3n) is 4.21. The van der Waals surface area contributed by atoms with E-state index in [9.17, 15) is 5.26 Å². The number of nitrogens with one attached hydrogen (secondary N) is 1. The molecule has 0 atom stereocenters. The monoisotopic (exact) mass is 332 g/mol. The second-order valence-electron chi connectivity index (χ2n) is 5.69. The van der Waals surface area contributed by atoms with Gasteiger partial charge >= 0.3 is 0 Å². The van der Waals surface area contributed by atoms with E-state index in [4.69, 9.17) is 9.47 Å². The number of fused-ring (bicyclic) bond motifs is 1. The van der Waals surface area contributed by atoms with Gasteiger partial charge in [-0.2, -0.15) is 5.26 Å². The summed E-state index contributed by atoms with van der Waals surface area (Å²) in [5.41, 5.74) is 4.61. The van der Waals surface area contributed by atoms with E-state index in [0.29, 0.717) is 17.1 Å². The van der Waals surface area contributed by atoms with Gasteiger partial charge in [0.2, 0.25) is 0 Å². The molecule has 0 amide bonds.